The van der Waals surface area contributed by atoms with Gasteiger partial charge in [0.1, 0.15) is 12.3 Å². The van der Waals surface area contributed by atoms with Crippen molar-refractivity contribution in [2.24, 2.45) is 5.73 Å². The van der Waals surface area contributed by atoms with Crippen LogP contribution in [0.15, 0.2) is 53.3 Å². The van der Waals surface area contributed by atoms with Gasteiger partial charge in [-0.2, -0.15) is 0 Å². The third kappa shape index (κ3) is 4.21. The van der Waals surface area contributed by atoms with E-state index in [-0.39, 0.29) is 36.2 Å². The normalized spacial score (nSPS) is 20.6. The number of halogens is 1. The van der Waals surface area contributed by atoms with Gasteiger partial charge in [-0.15, -0.1) is 12.4 Å². The number of hydrogen-bond donors (Lipinski definition) is 2. The maximum Gasteiger partial charge on any atom is 0.255 e. The van der Waals surface area contributed by atoms with Gasteiger partial charge in [0.25, 0.3) is 5.91 Å². The third-order valence-corrected chi connectivity index (χ3v) is 4.41. The predicted molar refractivity (Wildman–Crippen MR) is 96.6 cm³/mol. The topological polar surface area (TPSA) is 88.6 Å². The van der Waals surface area contributed by atoms with Crippen molar-refractivity contribution in [2.45, 2.75) is 24.9 Å². The summed E-state index contributed by atoms with van der Waals surface area (Å²) in [6.45, 7) is 2.74. The summed E-state index contributed by atoms with van der Waals surface area (Å²) < 4.78 is 4.88. The number of nitrogens with zero attached hydrogens (tertiary/aromatic N) is 1. The number of rotatable bonds is 4. The molecule has 7 heteroatoms. The first kappa shape index (κ1) is 19.0. The van der Waals surface area contributed by atoms with Gasteiger partial charge in [-0.3, -0.25) is 9.59 Å². The molecule has 3 rings (SSSR count). The fourth-order valence-electron chi connectivity index (χ4n) is 3.07. The number of carbonyl (C=O) groups excluding carboxylic acids is 2. The first-order valence-electron chi connectivity index (χ1n) is 7.98. The molecule has 0 bridgehead atoms. The molecule has 6 nitrogen and oxygen atoms in total. The molecule has 3 atom stereocenters. The zero-order valence-electron chi connectivity index (χ0n) is 13.9. The van der Waals surface area contributed by atoms with E-state index in [1.807, 2.05) is 30.3 Å². The highest BCUT2D eigenvalue weighted by Gasteiger charge is 2.35. The molecule has 134 valence electrons. The largest absolute Gasteiger partial charge is 0.472 e. The number of carbonyl (C=O) groups is 2. The summed E-state index contributed by atoms with van der Waals surface area (Å²) in [5, 5.41) is 2.70. The average molecular weight is 364 g/mol. The summed E-state index contributed by atoms with van der Waals surface area (Å²) in [4.78, 5) is 26.3. The first-order chi connectivity index (χ1) is 11.6. The second-order valence-electron chi connectivity index (χ2n) is 6.13. The highest BCUT2D eigenvalue weighted by molar-refractivity contribution is 5.97. The molecule has 0 saturated carbocycles. The third-order valence-electron chi connectivity index (χ3n) is 4.41. The smallest absolute Gasteiger partial charge is 0.255 e. The second-order valence-corrected chi connectivity index (χ2v) is 6.13. The molecule has 1 unspecified atom stereocenters. The monoisotopic (exact) mass is 363 g/mol. The van der Waals surface area contributed by atoms with Crippen LogP contribution in [0, 0.1) is 0 Å². The summed E-state index contributed by atoms with van der Waals surface area (Å²) >= 11 is 0. The number of furan rings is 1. The number of nitrogens with one attached hydrogen (secondary N) is 1. The second kappa shape index (κ2) is 8.18. The zero-order chi connectivity index (χ0) is 17.1. The van der Waals surface area contributed by atoms with E-state index in [0.717, 1.165) is 5.56 Å². The van der Waals surface area contributed by atoms with Crippen LogP contribution in [-0.4, -0.2) is 41.9 Å². The maximum atomic E-state index is 12.6. The molecule has 1 saturated heterocycles. The lowest BCUT2D eigenvalue weighted by Crippen LogP contribution is -2.46. The molecule has 1 aliphatic heterocycles. The van der Waals surface area contributed by atoms with Crippen molar-refractivity contribution in [3.8, 4) is 0 Å². The molecular formula is C18H22ClN3O3. The van der Waals surface area contributed by atoms with Crippen molar-refractivity contribution in [3.05, 3.63) is 60.1 Å². The van der Waals surface area contributed by atoms with Crippen molar-refractivity contribution < 1.29 is 14.0 Å². The Morgan fingerprint density at radius 3 is 2.60 bits per heavy atom. The Kier molecular flexibility index (Phi) is 6.22. The van der Waals surface area contributed by atoms with Gasteiger partial charge in [0.05, 0.1) is 11.8 Å². The van der Waals surface area contributed by atoms with E-state index in [9.17, 15) is 9.59 Å². The molecule has 1 fully saturated rings. The van der Waals surface area contributed by atoms with Gasteiger partial charge in [0.15, 0.2) is 0 Å². The van der Waals surface area contributed by atoms with Gasteiger partial charge in [0, 0.05) is 25.0 Å². The maximum absolute atomic E-state index is 12.6. The molecule has 1 aliphatic rings. The van der Waals surface area contributed by atoms with Crippen LogP contribution in [0.2, 0.25) is 0 Å². The molecule has 3 N–H and O–H groups in total. The lowest BCUT2D eigenvalue weighted by Gasteiger charge is -2.21. The van der Waals surface area contributed by atoms with E-state index in [1.165, 1.54) is 12.5 Å². The molecule has 1 aromatic carbocycles. The fourth-order valence-corrected chi connectivity index (χ4v) is 3.07. The standard InChI is InChI=1S/C18H21N3O3.ClH/c1-12(20-17(22)14-7-8-24-11-14)18(23)21-9-15(16(19)10-21)13-5-3-2-4-6-13;/h2-8,11-12,15-16H,9-10,19H2,1H3,(H,20,22);1H/t12?,15-,16+;/m0./s1. The molecule has 2 heterocycles. The van der Waals surface area contributed by atoms with Crippen molar-refractivity contribution in [2.75, 3.05) is 13.1 Å². The van der Waals surface area contributed by atoms with Crippen LogP contribution in [0.3, 0.4) is 0 Å². The molecule has 25 heavy (non-hydrogen) atoms. The summed E-state index contributed by atoms with van der Waals surface area (Å²) in [6, 6.07) is 10.8. The van der Waals surface area contributed by atoms with Gasteiger partial charge in [-0.05, 0) is 18.6 Å². The zero-order valence-corrected chi connectivity index (χ0v) is 14.7. The summed E-state index contributed by atoms with van der Waals surface area (Å²) in [7, 11) is 0. The average Bonchev–Trinajstić information content (AvgIpc) is 3.24. The van der Waals surface area contributed by atoms with E-state index in [0.29, 0.717) is 18.7 Å². The van der Waals surface area contributed by atoms with Crippen LogP contribution >= 0.6 is 12.4 Å². The molecular weight excluding hydrogens is 342 g/mol. The van der Waals surface area contributed by atoms with E-state index in [2.05, 4.69) is 5.32 Å². The molecule has 0 aliphatic carbocycles. The number of hydrogen-bond acceptors (Lipinski definition) is 4. The van der Waals surface area contributed by atoms with E-state index < -0.39 is 6.04 Å². The van der Waals surface area contributed by atoms with Crippen LogP contribution in [0.5, 0.6) is 0 Å². The van der Waals surface area contributed by atoms with Crippen LogP contribution in [-0.2, 0) is 4.79 Å². The minimum absolute atomic E-state index is 0. The Morgan fingerprint density at radius 2 is 1.96 bits per heavy atom. The van der Waals surface area contributed by atoms with E-state index in [1.54, 1.807) is 17.9 Å². The summed E-state index contributed by atoms with van der Waals surface area (Å²) in [5.74, 6) is -0.333. The fraction of sp³-hybridized carbons (Fsp3) is 0.333. The van der Waals surface area contributed by atoms with Gasteiger partial charge in [-0.1, -0.05) is 30.3 Å². The Labute approximate surface area is 152 Å². The highest BCUT2D eigenvalue weighted by Crippen LogP contribution is 2.26. The molecule has 2 amide bonds. The van der Waals surface area contributed by atoms with Crippen LogP contribution in [0.4, 0.5) is 0 Å². The molecule has 1 aromatic heterocycles. The van der Waals surface area contributed by atoms with E-state index in [4.69, 9.17) is 10.2 Å². The van der Waals surface area contributed by atoms with Crippen molar-refractivity contribution in [3.63, 3.8) is 0 Å². The molecule has 2 aromatic rings. The molecule has 0 radical (unpaired) electrons. The Bertz CT molecular complexity index is 706. The van der Waals surface area contributed by atoms with Crippen LogP contribution < -0.4 is 11.1 Å². The van der Waals surface area contributed by atoms with Gasteiger partial charge < -0.3 is 20.4 Å². The minimum Gasteiger partial charge on any atom is -0.472 e. The van der Waals surface area contributed by atoms with Crippen molar-refractivity contribution in [1.29, 1.82) is 0 Å². The van der Waals surface area contributed by atoms with Gasteiger partial charge in [0.2, 0.25) is 5.91 Å². The predicted octanol–water partition coefficient (Wildman–Crippen LogP) is 1.77. The SMILES string of the molecule is CC(NC(=O)c1ccoc1)C(=O)N1C[C@@H](N)[C@H](c2ccccc2)C1.Cl. The Morgan fingerprint density at radius 1 is 1.24 bits per heavy atom. The number of amides is 2. The number of nitrogens with two attached hydrogens (primary N) is 1. The van der Waals surface area contributed by atoms with Crippen LogP contribution in [0.1, 0.15) is 28.8 Å². The molecule has 0 spiro atoms. The number of likely N-dealkylation sites (tertiary alicyclic amines) is 1. The Hall–Kier alpha value is -2.31. The van der Waals surface area contributed by atoms with Gasteiger partial charge in [-0.25, -0.2) is 0 Å². The first-order valence-corrected chi connectivity index (χ1v) is 7.98. The highest BCUT2D eigenvalue weighted by atomic mass is 35.5. The Balaban J connectivity index is 0.00000225. The summed E-state index contributed by atoms with van der Waals surface area (Å²) in [5.41, 5.74) is 7.76. The number of benzene rings is 1. The summed E-state index contributed by atoms with van der Waals surface area (Å²) in [6.07, 6.45) is 2.77. The lowest BCUT2D eigenvalue weighted by molar-refractivity contribution is -0.131. The van der Waals surface area contributed by atoms with Crippen LogP contribution in [0.25, 0.3) is 0 Å². The van der Waals surface area contributed by atoms with E-state index >= 15 is 0 Å². The van der Waals surface area contributed by atoms with Crippen molar-refractivity contribution >= 4 is 24.2 Å². The van der Waals surface area contributed by atoms with Crippen molar-refractivity contribution in [1.82, 2.24) is 10.2 Å². The van der Waals surface area contributed by atoms with Gasteiger partial charge >= 0.3 is 0 Å². The quantitative estimate of drug-likeness (QED) is 0.866. The minimum atomic E-state index is -0.617. The lowest BCUT2D eigenvalue weighted by atomic mass is 9.95.